The zero-order valence-electron chi connectivity index (χ0n) is 19.5. The summed E-state index contributed by atoms with van der Waals surface area (Å²) in [6.45, 7) is 0. The third kappa shape index (κ3) is 5.33. The zero-order valence-corrected chi connectivity index (χ0v) is 19.5. The molecule has 0 bridgehead atoms. The number of aryl methyl sites for hydroxylation is 1. The largest absolute Gasteiger partial charge is 0.294 e. The molecule has 0 aliphatic carbocycles. The van der Waals surface area contributed by atoms with Gasteiger partial charge in [-0.15, -0.1) is 0 Å². The third-order valence-electron chi connectivity index (χ3n) is 6.09. The number of unbranched alkanes of at least 4 members (excludes halogenated alkanes) is 1. The van der Waals surface area contributed by atoms with Crippen molar-refractivity contribution < 1.29 is 13.6 Å². The lowest BCUT2D eigenvalue weighted by molar-refractivity contribution is 0.0979. The van der Waals surface area contributed by atoms with E-state index in [1.165, 1.54) is 29.8 Å². The summed E-state index contributed by atoms with van der Waals surface area (Å²) < 4.78 is 27.1. The normalized spacial score (nSPS) is 11.1. The lowest BCUT2D eigenvalue weighted by Crippen LogP contribution is -2.01. The van der Waals surface area contributed by atoms with E-state index in [9.17, 15) is 13.6 Å². The molecule has 4 nitrogen and oxygen atoms in total. The summed E-state index contributed by atoms with van der Waals surface area (Å²) in [6.07, 6.45) is 6.61. The molecule has 3 aromatic carbocycles. The van der Waals surface area contributed by atoms with Gasteiger partial charge in [0.05, 0.1) is 22.4 Å². The third-order valence-corrected chi connectivity index (χ3v) is 6.09. The number of rotatable bonds is 8. The van der Waals surface area contributed by atoms with E-state index in [0.717, 1.165) is 19.3 Å². The maximum atomic E-state index is 13.6. The number of carbonyl (C=O) groups excluding carboxylic acids is 1. The minimum Gasteiger partial charge on any atom is -0.294 e. The number of fused-ring (bicyclic) bond motifs is 1. The number of pyridine rings is 1. The van der Waals surface area contributed by atoms with Crippen LogP contribution in [0, 0.1) is 11.6 Å². The number of ketones is 1. The topological polar surface area (TPSA) is 55.7 Å². The molecule has 5 rings (SSSR count). The van der Waals surface area contributed by atoms with E-state index in [0.29, 0.717) is 45.5 Å². The van der Waals surface area contributed by atoms with Gasteiger partial charge in [-0.3, -0.25) is 9.78 Å². The Labute approximate surface area is 207 Å². The van der Waals surface area contributed by atoms with Gasteiger partial charge in [-0.05, 0) is 104 Å². The Morgan fingerprint density at radius 1 is 0.667 bits per heavy atom. The molecule has 0 N–H and O–H groups in total. The van der Waals surface area contributed by atoms with E-state index < -0.39 is 0 Å². The molecule has 0 aliphatic heterocycles. The Balaban J connectivity index is 1.43. The summed E-state index contributed by atoms with van der Waals surface area (Å²) in [4.78, 5) is 26.5. The molecule has 2 aromatic heterocycles. The number of aromatic nitrogens is 3. The summed E-state index contributed by atoms with van der Waals surface area (Å²) >= 11 is 0. The average Bonchev–Trinajstić information content (AvgIpc) is 2.91. The summed E-state index contributed by atoms with van der Waals surface area (Å²) in [6, 6.07) is 21.3. The van der Waals surface area contributed by atoms with E-state index >= 15 is 0 Å². The van der Waals surface area contributed by atoms with Crippen molar-refractivity contribution in [2.45, 2.75) is 25.7 Å². The van der Waals surface area contributed by atoms with Crippen molar-refractivity contribution in [3.05, 3.63) is 114 Å². The molecule has 0 fully saturated rings. The molecule has 0 amide bonds. The van der Waals surface area contributed by atoms with Gasteiger partial charge in [-0.1, -0.05) is 0 Å². The van der Waals surface area contributed by atoms with Crippen LogP contribution in [0.5, 0.6) is 0 Å². The molecule has 5 aromatic rings. The first kappa shape index (κ1) is 23.4. The highest BCUT2D eigenvalue weighted by Crippen LogP contribution is 2.31. The van der Waals surface area contributed by atoms with Crippen LogP contribution in [0.4, 0.5) is 8.78 Å². The number of halogens is 2. The standard InChI is InChI=1S/C30H23F2N3O/c31-24-10-5-21(6-11-24)29-30(22-7-12-25(32)13-8-22)35-27-19-23(9-14-26(27)34-29)28(36)4-2-1-3-20-15-17-33-18-16-20/h5-19H,1-4H2. The van der Waals surface area contributed by atoms with Gasteiger partial charge >= 0.3 is 0 Å². The van der Waals surface area contributed by atoms with Crippen molar-refractivity contribution in [1.29, 1.82) is 0 Å². The Morgan fingerprint density at radius 3 is 1.86 bits per heavy atom. The molecule has 6 heteroatoms. The van der Waals surface area contributed by atoms with Crippen LogP contribution in [0.15, 0.2) is 91.3 Å². The van der Waals surface area contributed by atoms with Crippen molar-refractivity contribution >= 4 is 16.8 Å². The number of hydrogen-bond donors (Lipinski definition) is 0. The van der Waals surface area contributed by atoms with Gasteiger partial charge in [0.25, 0.3) is 0 Å². The van der Waals surface area contributed by atoms with Crippen LogP contribution in [0.3, 0.4) is 0 Å². The van der Waals surface area contributed by atoms with Crippen LogP contribution in [-0.4, -0.2) is 20.7 Å². The minimum absolute atomic E-state index is 0.0550. The fraction of sp³-hybridized carbons (Fsp3) is 0.133. The van der Waals surface area contributed by atoms with Crippen LogP contribution in [0.25, 0.3) is 33.5 Å². The minimum atomic E-state index is -0.354. The predicted octanol–water partition coefficient (Wildman–Crippen LogP) is 7.23. The fourth-order valence-corrected chi connectivity index (χ4v) is 4.15. The molecule has 0 atom stereocenters. The van der Waals surface area contributed by atoms with Gasteiger partial charge < -0.3 is 0 Å². The molecule has 2 heterocycles. The van der Waals surface area contributed by atoms with Crippen molar-refractivity contribution in [3.8, 4) is 22.5 Å². The molecule has 0 unspecified atom stereocenters. The number of benzene rings is 3. The van der Waals surface area contributed by atoms with Crippen molar-refractivity contribution in [1.82, 2.24) is 15.0 Å². The summed E-state index contributed by atoms with van der Waals surface area (Å²) in [5.74, 6) is -0.647. The SMILES string of the molecule is O=C(CCCCc1ccncc1)c1ccc2nc(-c3ccc(F)cc3)c(-c3ccc(F)cc3)nc2c1. The lowest BCUT2D eigenvalue weighted by atomic mass is 10.0. The molecule has 0 saturated carbocycles. The first-order valence-electron chi connectivity index (χ1n) is 11.8. The van der Waals surface area contributed by atoms with E-state index in [-0.39, 0.29) is 17.4 Å². The average molecular weight is 480 g/mol. The number of Topliss-reactive ketones (excluding diaryl/α,β-unsaturated/α-hetero) is 1. The smallest absolute Gasteiger partial charge is 0.162 e. The van der Waals surface area contributed by atoms with Crippen molar-refractivity contribution in [2.24, 2.45) is 0 Å². The van der Waals surface area contributed by atoms with Crippen molar-refractivity contribution in [3.63, 3.8) is 0 Å². The monoisotopic (exact) mass is 479 g/mol. The fourth-order valence-electron chi connectivity index (χ4n) is 4.15. The Hall–Kier alpha value is -4.32. The maximum absolute atomic E-state index is 13.6. The van der Waals surface area contributed by atoms with Crippen LogP contribution in [-0.2, 0) is 6.42 Å². The van der Waals surface area contributed by atoms with E-state index in [1.807, 2.05) is 12.1 Å². The Morgan fingerprint density at radius 2 is 1.25 bits per heavy atom. The predicted molar refractivity (Wildman–Crippen MR) is 136 cm³/mol. The second kappa shape index (κ2) is 10.5. The zero-order chi connectivity index (χ0) is 24.9. The quantitative estimate of drug-likeness (QED) is 0.174. The Kier molecular flexibility index (Phi) is 6.85. The lowest BCUT2D eigenvalue weighted by Gasteiger charge is -2.11. The van der Waals surface area contributed by atoms with Gasteiger partial charge in [0.1, 0.15) is 11.6 Å². The molecule has 0 radical (unpaired) electrons. The number of nitrogens with zero attached hydrogens (tertiary/aromatic N) is 3. The van der Waals surface area contributed by atoms with Crippen molar-refractivity contribution in [2.75, 3.05) is 0 Å². The number of hydrogen-bond acceptors (Lipinski definition) is 4. The molecule has 0 aliphatic rings. The first-order chi connectivity index (χ1) is 17.6. The molecular formula is C30H23F2N3O. The van der Waals surface area contributed by atoms with E-state index in [1.54, 1.807) is 54.9 Å². The number of carbonyl (C=O) groups is 1. The highest BCUT2D eigenvalue weighted by Gasteiger charge is 2.15. The molecule has 0 saturated heterocycles. The molecule has 178 valence electrons. The van der Waals surface area contributed by atoms with Gasteiger partial charge in [0, 0.05) is 35.5 Å². The van der Waals surface area contributed by atoms with E-state index in [2.05, 4.69) is 4.98 Å². The molecule has 0 spiro atoms. The van der Waals surface area contributed by atoms with Gasteiger partial charge in [0.2, 0.25) is 0 Å². The van der Waals surface area contributed by atoms with Crippen LogP contribution >= 0.6 is 0 Å². The molecular weight excluding hydrogens is 456 g/mol. The first-order valence-corrected chi connectivity index (χ1v) is 11.8. The van der Waals surface area contributed by atoms with E-state index in [4.69, 9.17) is 9.97 Å². The van der Waals surface area contributed by atoms with Gasteiger partial charge in [-0.2, -0.15) is 0 Å². The Bertz CT molecular complexity index is 1500. The van der Waals surface area contributed by atoms with Crippen LogP contribution < -0.4 is 0 Å². The van der Waals surface area contributed by atoms with Gasteiger partial charge in [0.15, 0.2) is 5.78 Å². The second-order valence-electron chi connectivity index (χ2n) is 8.62. The summed E-state index contributed by atoms with van der Waals surface area (Å²) in [7, 11) is 0. The maximum Gasteiger partial charge on any atom is 0.162 e. The second-order valence-corrected chi connectivity index (χ2v) is 8.62. The van der Waals surface area contributed by atoms with Crippen LogP contribution in [0.2, 0.25) is 0 Å². The van der Waals surface area contributed by atoms with Gasteiger partial charge in [-0.25, -0.2) is 18.7 Å². The van der Waals surface area contributed by atoms with Crippen LogP contribution in [0.1, 0.15) is 35.2 Å². The highest BCUT2D eigenvalue weighted by molar-refractivity contribution is 5.99. The molecule has 36 heavy (non-hydrogen) atoms. The summed E-state index contributed by atoms with van der Waals surface area (Å²) in [5.41, 5.74) is 5.46. The summed E-state index contributed by atoms with van der Waals surface area (Å²) in [5, 5.41) is 0. The highest BCUT2D eigenvalue weighted by atomic mass is 19.1.